The summed E-state index contributed by atoms with van der Waals surface area (Å²) < 4.78 is 5.31. The van der Waals surface area contributed by atoms with Crippen molar-refractivity contribution >= 4 is 35.6 Å². The predicted octanol–water partition coefficient (Wildman–Crippen LogP) is 2.58. The van der Waals surface area contributed by atoms with Gasteiger partial charge in [0, 0.05) is 11.3 Å². The van der Waals surface area contributed by atoms with E-state index in [0.717, 1.165) is 5.56 Å². The lowest BCUT2D eigenvalue weighted by Gasteiger charge is -2.32. The number of carbonyl (C=O) groups is 4. The number of aliphatic hydroxyl groups excluding tert-OH is 1. The lowest BCUT2D eigenvalue weighted by Crippen LogP contribution is -2.59. The number of ether oxygens (including phenoxy) is 1. The molecule has 0 unspecified atom stereocenters. The molecule has 1 aromatic carbocycles. The summed E-state index contributed by atoms with van der Waals surface area (Å²) >= 11 is 1.43. The van der Waals surface area contributed by atoms with Crippen LogP contribution in [-0.4, -0.2) is 80.8 Å². The van der Waals surface area contributed by atoms with Crippen LogP contribution in [0.15, 0.2) is 30.3 Å². The Bertz CT molecular complexity index is 992. The van der Waals surface area contributed by atoms with Gasteiger partial charge in [0.25, 0.3) is 5.91 Å². The van der Waals surface area contributed by atoms with E-state index in [0.29, 0.717) is 18.6 Å². The van der Waals surface area contributed by atoms with Crippen LogP contribution in [0.5, 0.6) is 0 Å². The number of alkyl carbamates (subject to hydrolysis) is 1. The van der Waals surface area contributed by atoms with E-state index in [-0.39, 0.29) is 18.2 Å². The van der Waals surface area contributed by atoms with Crippen molar-refractivity contribution in [2.24, 2.45) is 0 Å². The highest BCUT2D eigenvalue weighted by Crippen LogP contribution is 2.24. The number of nitrogens with one attached hydrogen (secondary N) is 3. The minimum atomic E-state index is -1.61. The summed E-state index contributed by atoms with van der Waals surface area (Å²) in [6.45, 7) is 12.6. The molecule has 39 heavy (non-hydrogen) atoms. The Morgan fingerprint density at radius 2 is 1.72 bits per heavy atom. The smallest absolute Gasteiger partial charge is 0.408 e. The number of hydrogen-bond donors (Lipinski definition) is 4. The fraction of sp³-hybridized carbons (Fsp3) is 0.643. The van der Waals surface area contributed by atoms with Gasteiger partial charge in [-0.05, 0) is 59.9 Å². The minimum Gasteiger partial charge on any atom is -0.444 e. The highest BCUT2D eigenvalue weighted by molar-refractivity contribution is 7.99. The number of hydrogen-bond acceptors (Lipinski definition) is 7. The van der Waals surface area contributed by atoms with Crippen LogP contribution in [0.25, 0.3) is 0 Å². The Morgan fingerprint density at radius 1 is 1.08 bits per heavy atom. The third-order valence-electron chi connectivity index (χ3n) is 5.81. The minimum absolute atomic E-state index is 0.171. The van der Waals surface area contributed by atoms with Crippen molar-refractivity contribution in [1.29, 1.82) is 0 Å². The molecule has 1 saturated heterocycles. The summed E-state index contributed by atoms with van der Waals surface area (Å²) in [5.41, 5.74) is -0.407. The molecule has 11 heteroatoms. The first-order valence-electron chi connectivity index (χ1n) is 13.3. The average Bonchev–Trinajstić information content (AvgIpc) is 3.31. The standard InChI is InChI=1S/C28H44N4O6S/c1-8-12-19(30-26(37)38-28(5,6)7)23(34)29-20(15-18-13-10-9-11-14-18)22(33)25(36)32-17-39-16-21(32)24(35)31-27(2,3)4/h9-11,13-14,19-22,33H,8,12,15-17H2,1-7H3,(H,29,34)(H,30,37)(H,31,35)/t19-,20-,21+,22-/m0/s1. The number of amides is 4. The largest absolute Gasteiger partial charge is 0.444 e. The molecule has 0 radical (unpaired) electrons. The topological polar surface area (TPSA) is 137 Å². The maximum absolute atomic E-state index is 13.5. The molecule has 0 spiro atoms. The van der Waals surface area contributed by atoms with Crippen LogP contribution < -0.4 is 16.0 Å². The molecule has 4 N–H and O–H groups in total. The van der Waals surface area contributed by atoms with Crippen molar-refractivity contribution < 1.29 is 29.0 Å². The van der Waals surface area contributed by atoms with E-state index in [9.17, 15) is 24.3 Å². The molecular weight excluding hydrogens is 520 g/mol. The number of nitrogens with zero attached hydrogens (tertiary/aromatic N) is 1. The lowest BCUT2D eigenvalue weighted by molar-refractivity contribution is -0.147. The van der Waals surface area contributed by atoms with Crippen LogP contribution in [0.2, 0.25) is 0 Å². The maximum atomic E-state index is 13.5. The van der Waals surface area contributed by atoms with Crippen LogP contribution in [0.3, 0.4) is 0 Å². The molecule has 0 bridgehead atoms. The summed E-state index contributed by atoms with van der Waals surface area (Å²) in [7, 11) is 0. The van der Waals surface area contributed by atoms with Gasteiger partial charge in [-0.15, -0.1) is 11.8 Å². The van der Waals surface area contributed by atoms with Gasteiger partial charge < -0.3 is 30.7 Å². The van der Waals surface area contributed by atoms with Gasteiger partial charge in [-0.1, -0.05) is 43.7 Å². The van der Waals surface area contributed by atoms with E-state index in [2.05, 4.69) is 16.0 Å². The SMILES string of the molecule is CCC[C@H](NC(=O)OC(C)(C)C)C(=O)N[C@@H](Cc1ccccc1)[C@H](O)C(=O)N1CSC[C@@H]1C(=O)NC(C)(C)C. The zero-order chi connectivity index (χ0) is 29.4. The van der Waals surface area contributed by atoms with Crippen molar-refractivity contribution in [3.05, 3.63) is 35.9 Å². The molecule has 1 heterocycles. The summed E-state index contributed by atoms with van der Waals surface area (Å²) in [6.07, 6.45) is -1.22. The summed E-state index contributed by atoms with van der Waals surface area (Å²) in [5.74, 6) is -0.797. The number of rotatable bonds is 10. The Morgan fingerprint density at radius 3 is 2.28 bits per heavy atom. The fourth-order valence-corrected chi connectivity index (χ4v) is 5.24. The summed E-state index contributed by atoms with van der Waals surface area (Å²) in [5, 5.41) is 19.6. The molecule has 10 nitrogen and oxygen atoms in total. The first-order chi connectivity index (χ1) is 18.1. The van der Waals surface area contributed by atoms with Gasteiger partial charge in [0.2, 0.25) is 11.8 Å². The monoisotopic (exact) mass is 564 g/mol. The van der Waals surface area contributed by atoms with E-state index in [1.165, 1.54) is 16.7 Å². The van der Waals surface area contributed by atoms with Crippen molar-refractivity contribution in [2.45, 2.75) is 103 Å². The molecule has 0 saturated carbocycles. The number of aliphatic hydroxyl groups is 1. The lowest BCUT2D eigenvalue weighted by atomic mass is 9.99. The van der Waals surface area contributed by atoms with E-state index in [1.807, 2.05) is 58.0 Å². The zero-order valence-corrected chi connectivity index (χ0v) is 24.9. The molecule has 4 atom stereocenters. The second-order valence-electron chi connectivity index (χ2n) is 11.8. The van der Waals surface area contributed by atoms with Crippen LogP contribution in [-0.2, 0) is 25.5 Å². The van der Waals surface area contributed by atoms with Crippen LogP contribution in [0.1, 0.15) is 66.9 Å². The maximum Gasteiger partial charge on any atom is 0.408 e. The van der Waals surface area contributed by atoms with Gasteiger partial charge in [0.05, 0.1) is 11.9 Å². The Kier molecular flexibility index (Phi) is 11.7. The van der Waals surface area contributed by atoms with Crippen LogP contribution in [0.4, 0.5) is 4.79 Å². The predicted molar refractivity (Wildman–Crippen MR) is 152 cm³/mol. The van der Waals surface area contributed by atoms with E-state index >= 15 is 0 Å². The Hall–Kier alpha value is -2.79. The molecule has 1 fully saturated rings. The van der Waals surface area contributed by atoms with Crippen molar-refractivity contribution in [3.63, 3.8) is 0 Å². The fourth-order valence-electron chi connectivity index (χ4n) is 4.07. The Balaban J connectivity index is 2.24. The number of thioether (sulfide) groups is 1. The third-order valence-corrected chi connectivity index (χ3v) is 6.82. The highest BCUT2D eigenvalue weighted by atomic mass is 32.2. The molecular formula is C28H44N4O6S. The van der Waals surface area contributed by atoms with Gasteiger partial charge in [0.1, 0.15) is 17.7 Å². The molecule has 0 aliphatic carbocycles. The highest BCUT2D eigenvalue weighted by Gasteiger charge is 2.41. The first-order valence-corrected chi connectivity index (χ1v) is 14.5. The second-order valence-corrected chi connectivity index (χ2v) is 12.8. The normalized spacial score (nSPS) is 18.1. The van der Waals surface area contributed by atoms with Crippen molar-refractivity contribution in [2.75, 3.05) is 11.6 Å². The van der Waals surface area contributed by atoms with Crippen molar-refractivity contribution in [3.8, 4) is 0 Å². The van der Waals surface area contributed by atoms with Gasteiger partial charge in [-0.3, -0.25) is 14.4 Å². The third kappa shape index (κ3) is 10.7. The zero-order valence-electron chi connectivity index (χ0n) is 24.1. The first kappa shape index (κ1) is 32.4. The van der Waals surface area contributed by atoms with Gasteiger partial charge >= 0.3 is 6.09 Å². The molecule has 2 rings (SSSR count). The summed E-state index contributed by atoms with van der Waals surface area (Å²) in [6, 6.07) is 6.54. The van der Waals surface area contributed by atoms with Crippen molar-refractivity contribution in [1.82, 2.24) is 20.9 Å². The molecule has 1 aliphatic rings. The van der Waals surface area contributed by atoms with Crippen LogP contribution in [0, 0.1) is 0 Å². The van der Waals surface area contributed by atoms with Crippen LogP contribution >= 0.6 is 11.8 Å². The van der Waals surface area contributed by atoms with Gasteiger partial charge in [0.15, 0.2) is 6.10 Å². The number of benzene rings is 1. The molecule has 0 aromatic heterocycles. The van der Waals surface area contributed by atoms with Gasteiger partial charge in [-0.2, -0.15) is 0 Å². The van der Waals surface area contributed by atoms with Gasteiger partial charge in [-0.25, -0.2) is 4.79 Å². The number of carbonyl (C=O) groups excluding carboxylic acids is 4. The van der Waals surface area contributed by atoms with E-state index in [1.54, 1.807) is 20.8 Å². The average molecular weight is 565 g/mol. The molecule has 218 valence electrons. The van der Waals surface area contributed by atoms with E-state index in [4.69, 9.17) is 4.74 Å². The quantitative estimate of drug-likeness (QED) is 0.343. The molecule has 1 aromatic rings. The van der Waals surface area contributed by atoms with E-state index < -0.39 is 53.3 Å². The molecule has 4 amide bonds. The second kappa shape index (κ2) is 14.0. The summed E-state index contributed by atoms with van der Waals surface area (Å²) in [4.78, 5) is 53.5. The molecule has 1 aliphatic heterocycles. The Labute approximate surface area is 236 Å².